The van der Waals surface area contributed by atoms with Crippen LogP contribution in [-0.2, 0) is 4.79 Å². The van der Waals surface area contributed by atoms with Crippen LogP contribution >= 0.6 is 0 Å². The molecule has 0 aliphatic carbocycles. The Hall–Kier alpha value is -1.92. The van der Waals surface area contributed by atoms with Crippen molar-refractivity contribution >= 4 is 11.6 Å². The van der Waals surface area contributed by atoms with E-state index < -0.39 is 24.4 Å². The molecule has 1 fully saturated rings. The summed E-state index contributed by atoms with van der Waals surface area (Å²) < 4.78 is 47.5. The van der Waals surface area contributed by atoms with Gasteiger partial charge in [-0.3, -0.25) is 4.79 Å². The number of hydrogen-bond donors (Lipinski definition) is 0. The maximum Gasteiger partial charge on any atom is 0.389 e. The molecule has 1 amide bonds. The number of carbonyl (C=O) groups is 1. The van der Waals surface area contributed by atoms with E-state index in [9.17, 15) is 18.0 Å². The second kappa shape index (κ2) is 5.83. The fraction of sp³-hybridized carbons (Fsp3) is 0.500. The smallest absolute Gasteiger partial charge is 0.389 e. The number of anilines is 1. The SMILES string of the molecule is COc1cc(OC)cc(N2CC[C@@H](CC(F)(F)F)C2=O)c1. The van der Waals surface area contributed by atoms with Crippen LogP contribution in [0.4, 0.5) is 18.9 Å². The van der Waals surface area contributed by atoms with E-state index in [1.165, 1.54) is 19.1 Å². The van der Waals surface area contributed by atoms with E-state index in [4.69, 9.17) is 9.47 Å². The van der Waals surface area contributed by atoms with Gasteiger partial charge in [0.05, 0.1) is 26.3 Å². The lowest BCUT2D eigenvalue weighted by atomic mass is 10.0. The van der Waals surface area contributed by atoms with Crippen molar-refractivity contribution < 1.29 is 27.4 Å². The Bertz CT molecular complexity index is 508. The molecule has 0 N–H and O–H groups in total. The van der Waals surface area contributed by atoms with Gasteiger partial charge in [0.15, 0.2) is 0 Å². The number of halogens is 3. The van der Waals surface area contributed by atoms with Crippen LogP contribution in [0.1, 0.15) is 12.8 Å². The highest BCUT2D eigenvalue weighted by molar-refractivity contribution is 5.97. The average Bonchev–Trinajstić information content (AvgIpc) is 2.77. The topological polar surface area (TPSA) is 38.8 Å². The first-order valence-corrected chi connectivity index (χ1v) is 6.45. The number of carbonyl (C=O) groups excluding carboxylic acids is 1. The van der Waals surface area contributed by atoms with E-state index >= 15 is 0 Å². The van der Waals surface area contributed by atoms with Crippen molar-refractivity contribution in [3.8, 4) is 11.5 Å². The highest BCUT2D eigenvalue weighted by Crippen LogP contribution is 2.36. The normalized spacial score (nSPS) is 19.0. The third-order valence-corrected chi connectivity index (χ3v) is 3.44. The quantitative estimate of drug-likeness (QED) is 0.858. The lowest BCUT2D eigenvalue weighted by Crippen LogP contribution is -2.29. The zero-order valence-corrected chi connectivity index (χ0v) is 11.7. The average molecular weight is 303 g/mol. The highest BCUT2D eigenvalue weighted by atomic mass is 19.4. The summed E-state index contributed by atoms with van der Waals surface area (Å²) in [5.41, 5.74) is 0.487. The number of amides is 1. The molecule has 0 saturated carbocycles. The molecule has 1 heterocycles. The van der Waals surface area contributed by atoms with Crippen molar-refractivity contribution in [1.29, 1.82) is 0 Å². The molecule has 2 rings (SSSR count). The summed E-state index contributed by atoms with van der Waals surface area (Å²) in [7, 11) is 2.94. The van der Waals surface area contributed by atoms with Gasteiger partial charge in [0.2, 0.25) is 5.91 Å². The summed E-state index contributed by atoms with van der Waals surface area (Å²) in [5, 5.41) is 0. The zero-order chi connectivity index (χ0) is 15.6. The Morgan fingerprint density at radius 1 is 1.19 bits per heavy atom. The second-order valence-electron chi connectivity index (χ2n) is 4.87. The predicted molar refractivity (Wildman–Crippen MR) is 70.7 cm³/mol. The largest absolute Gasteiger partial charge is 0.497 e. The van der Waals surface area contributed by atoms with Crippen molar-refractivity contribution in [2.75, 3.05) is 25.7 Å². The Balaban J connectivity index is 2.21. The number of ether oxygens (including phenoxy) is 2. The Morgan fingerprint density at radius 2 is 1.76 bits per heavy atom. The van der Waals surface area contributed by atoms with Crippen LogP contribution in [0.5, 0.6) is 11.5 Å². The van der Waals surface area contributed by atoms with Gasteiger partial charge in [-0.15, -0.1) is 0 Å². The molecule has 7 heteroatoms. The van der Waals surface area contributed by atoms with Crippen molar-refractivity contribution in [1.82, 2.24) is 0 Å². The molecular formula is C14H16F3NO3. The summed E-state index contributed by atoms with van der Waals surface area (Å²) in [6, 6.07) is 4.85. The standard InChI is InChI=1S/C14H16F3NO3/c1-20-11-5-10(6-12(7-11)21-2)18-4-3-9(13(18)19)8-14(15,16)17/h5-7,9H,3-4,8H2,1-2H3/t9-/m0/s1. The van der Waals surface area contributed by atoms with E-state index in [-0.39, 0.29) is 13.0 Å². The maximum absolute atomic E-state index is 12.4. The van der Waals surface area contributed by atoms with Gasteiger partial charge in [-0.05, 0) is 6.42 Å². The summed E-state index contributed by atoms with van der Waals surface area (Å²) in [4.78, 5) is 13.5. The number of benzene rings is 1. The molecule has 1 aromatic rings. The van der Waals surface area contributed by atoms with Crippen LogP contribution in [0.3, 0.4) is 0 Å². The molecule has 0 unspecified atom stereocenters. The van der Waals surface area contributed by atoms with Gasteiger partial charge >= 0.3 is 6.18 Å². The van der Waals surface area contributed by atoms with Crippen LogP contribution in [0.2, 0.25) is 0 Å². The molecule has 0 bridgehead atoms. The van der Waals surface area contributed by atoms with Crippen LogP contribution in [0, 0.1) is 5.92 Å². The van der Waals surface area contributed by atoms with E-state index in [0.717, 1.165) is 0 Å². The Kier molecular flexibility index (Phi) is 4.29. The van der Waals surface area contributed by atoms with Crippen LogP contribution < -0.4 is 14.4 Å². The van der Waals surface area contributed by atoms with E-state index in [2.05, 4.69) is 0 Å². The van der Waals surface area contributed by atoms with Gasteiger partial charge in [-0.25, -0.2) is 0 Å². The summed E-state index contributed by atoms with van der Waals surface area (Å²) in [6.07, 6.45) is -5.22. The molecule has 0 aromatic heterocycles. The highest BCUT2D eigenvalue weighted by Gasteiger charge is 2.41. The number of rotatable bonds is 4. The third-order valence-electron chi connectivity index (χ3n) is 3.44. The lowest BCUT2D eigenvalue weighted by Gasteiger charge is -2.19. The van der Waals surface area contributed by atoms with Gasteiger partial charge in [0, 0.05) is 30.7 Å². The first kappa shape index (κ1) is 15.5. The molecular weight excluding hydrogens is 287 g/mol. The molecule has 4 nitrogen and oxygen atoms in total. The number of nitrogens with zero attached hydrogens (tertiary/aromatic N) is 1. The third kappa shape index (κ3) is 3.59. The van der Waals surface area contributed by atoms with Gasteiger partial charge in [0.1, 0.15) is 11.5 Å². The minimum absolute atomic E-state index is 0.192. The predicted octanol–water partition coefficient (Wildman–Crippen LogP) is 3.01. The van der Waals surface area contributed by atoms with Gasteiger partial charge < -0.3 is 14.4 Å². The second-order valence-corrected chi connectivity index (χ2v) is 4.87. The number of methoxy groups -OCH3 is 2. The minimum Gasteiger partial charge on any atom is -0.497 e. The van der Waals surface area contributed by atoms with E-state index in [1.807, 2.05) is 0 Å². The van der Waals surface area contributed by atoms with Crippen LogP contribution in [0.25, 0.3) is 0 Å². The summed E-state index contributed by atoms with van der Waals surface area (Å²) >= 11 is 0. The van der Waals surface area contributed by atoms with Gasteiger partial charge in [-0.1, -0.05) is 0 Å². The molecule has 1 atom stereocenters. The number of alkyl halides is 3. The zero-order valence-electron chi connectivity index (χ0n) is 11.7. The molecule has 21 heavy (non-hydrogen) atoms. The first-order chi connectivity index (χ1) is 9.84. The first-order valence-electron chi connectivity index (χ1n) is 6.45. The van der Waals surface area contributed by atoms with Crippen molar-refractivity contribution in [3.63, 3.8) is 0 Å². The molecule has 1 aromatic carbocycles. The van der Waals surface area contributed by atoms with Crippen LogP contribution in [0.15, 0.2) is 18.2 Å². The molecule has 0 radical (unpaired) electrons. The molecule has 1 saturated heterocycles. The fourth-order valence-electron chi connectivity index (χ4n) is 2.41. The van der Waals surface area contributed by atoms with Crippen molar-refractivity contribution in [3.05, 3.63) is 18.2 Å². The fourth-order valence-corrected chi connectivity index (χ4v) is 2.41. The summed E-state index contributed by atoms with van der Waals surface area (Å²) in [5.74, 6) is -0.558. The Morgan fingerprint density at radius 3 is 2.24 bits per heavy atom. The molecule has 1 aliphatic rings. The maximum atomic E-state index is 12.4. The number of hydrogen-bond acceptors (Lipinski definition) is 3. The minimum atomic E-state index is -4.33. The Labute approximate surface area is 120 Å². The lowest BCUT2D eigenvalue weighted by molar-refractivity contribution is -0.151. The molecule has 1 aliphatic heterocycles. The molecule has 116 valence electrons. The van der Waals surface area contributed by atoms with Gasteiger partial charge in [0.25, 0.3) is 0 Å². The summed E-state index contributed by atoms with van der Waals surface area (Å²) in [6.45, 7) is 0.260. The van der Waals surface area contributed by atoms with E-state index in [0.29, 0.717) is 17.2 Å². The van der Waals surface area contributed by atoms with Crippen molar-refractivity contribution in [2.45, 2.75) is 19.0 Å². The van der Waals surface area contributed by atoms with Gasteiger partial charge in [-0.2, -0.15) is 13.2 Å². The molecule has 0 spiro atoms. The monoisotopic (exact) mass is 303 g/mol. The van der Waals surface area contributed by atoms with E-state index in [1.54, 1.807) is 18.2 Å². The van der Waals surface area contributed by atoms with Crippen LogP contribution in [-0.4, -0.2) is 32.8 Å². The van der Waals surface area contributed by atoms with Crippen molar-refractivity contribution in [2.24, 2.45) is 5.92 Å².